The van der Waals surface area contributed by atoms with Gasteiger partial charge in [-0.2, -0.15) is 13.2 Å². The van der Waals surface area contributed by atoms with E-state index in [9.17, 15) is 47.5 Å². The number of nitrogens with one attached hydrogen (secondary N) is 2. The average molecular weight is 1160 g/mol. The van der Waals surface area contributed by atoms with Crippen LogP contribution < -0.4 is 21.0 Å². The number of ether oxygens (including phenoxy) is 7. The number of amides is 2. The van der Waals surface area contributed by atoms with Gasteiger partial charge in [0, 0.05) is 11.8 Å². The molecule has 0 aromatic heterocycles. The van der Waals surface area contributed by atoms with Crippen molar-refractivity contribution in [1.29, 1.82) is 0 Å². The second kappa shape index (κ2) is 26.9. The lowest BCUT2D eigenvalue weighted by molar-refractivity contribution is -0.284. The highest BCUT2D eigenvalue weighted by Crippen LogP contribution is 2.39. The summed E-state index contributed by atoms with van der Waals surface area (Å²) in [6, 6.07) is 44.7. The molecule has 2 amide bonds. The van der Waals surface area contributed by atoms with Crippen molar-refractivity contribution in [1.82, 2.24) is 10.6 Å². The van der Waals surface area contributed by atoms with Crippen molar-refractivity contribution < 1.29 is 79.5 Å². The number of carbonyl (C=O) groups excluding carboxylic acids is 6. The van der Waals surface area contributed by atoms with Crippen LogP contribution in [0.4, 0.5) is 13.2 Å². The summed E-state index contributed by atoms with van der Waals surface area (Å²) >= 11 is 0. The molecule has 0 saturated carbocycles. The summed E-state index contributed by atoms with van der Waals surface area (Å²) in [5, 5.41) is 9.01. The van der Waals surface area contributed by atoms with Crippen LogP contribution in [0, 0.1) is 0 Å². The van der Waals surface area contributed by atoms with Crippen LogP contribution in [-0.2, 0) is 47.2 Å². The molecule has 10 atom stereocenters. The minimum absolute atomic E-state index is 0.00521. The molecule has 6 aromatic carbocycles. The predicted molar refractivity (Wildman–Crippen MR) is 294 cm³/mol. The number of rotatable bonds is 19. The van der Waals surface area contributed by atoms with Gasteiger partial charge in [0.15, 0.2) is 36.9 Å². The first-order chi connectivity index (χ1) is 39.8. The van der Waals surface area contributed by atoms with E-state index in [1.54, 1.807) is 36.4 Å². The van der Waals surface area contributed by atoms with Crippen LogP contribution in [0.15, 0.2) is 187 Å². The zero-order valence-corrected chi connectivity index (χ0v) is 46.2. The zero-order valence-electron chi connectivity index (χ0n) is 45.2. The van der Waals surface area contributed by atoms with Gasteiger partial charge in [0.2, 0.25) is 5.91 Å². The first kappa shape index (κ1) is 60.4. The fourth-order valence-electron chi connectivity index (χ4n) is 9.95. The highest BCUT2D eigenvalue weighted by molar-refractivity contribution is 6.99. The van der Waals surface area contributed by atoms with Gasteiger partial charge in [-0.3, -0.25) is 9.59 Å². The Hall–Kier alpha value is -8.70. The van der Waals surface area contributed by atoms with E-state index in [2.05, 4.69) is 15.3 Å². The largest absolute Gasteiger partial charge is 0.471 e. The third-order valence-electron chi connectivity index (χ3n) is 13.7. The molecule has 2 aliphatic rings. The number of esters is 4. The van der Waals surface area contributed by atoms with Gasteiger partial charge in [0.1, 0.15) is 24.3 Å². The van der Waals surface area contributed by atoms with Crippen LogP contribution in [0.2, 0.25) is 5.04 Å². The Morgan fingerprint density at radius 3 is 1.25 bits per heavy atom. The molecule has 0 bridgehead atoms. The molecule has 2 N–H and O–H groups in total. The predicted octanol–water partition coefficient (Wildman–Crippen LogP) is 7.79. The normalized spacial score (nSPS) is 22.5. The maximum absolute atomic E-state index is 14.7. The van der Waals surface area contributed by atoms with Gasteiger partial charge in [-0.15, -0.1) is 0 Å². The molecule has 0 spiro atoms. The molecule has 0 radical (unpaired) electrons. The Morgan fingerprint density at radius 1 is 0.530 bits per heavy atom. The maximum atomic E-state index is 14.7. The van der Waals surface area contributed by atoms with Crippen molar-refractivity contribution in [3.05, 3.63) is 215 Å². The summed E-state index contributed by atoms with van der Waals surface area (Å²) in [6.45, 7) is 5.53. The number of azide groups is 1. The highest BCUT2D eigenvalue weighted by atomic mass is 28.4. The number of nitrogens with zero attached hydrogens (tertiary/aromatic N) is 3. The maximum Gasteiger partial charge on any atom is 0.471 e. The summed E-state index contributed by atoms with van der Waals surface area (Å²) in [5.74, 6) is -7.49. The van der Waals surface area contributed by atoms with Crippen LogP contribution in [0.3, 0.4) is 0 Å². The molecule has 0 aliphatic carbocycles. The van der Waals surface area contributed by atoms with Gasteiger partial charge >= 0.3 is 36.0 Å². The van der Waals surface area contributed by atoms with Gasteiger partial charge < -0.3 is 48.2 Å². The number of halogens is 3. The van der Waals surface area contributed by atoms with Gasteiger partial charge in [-0.25, -0.2) is 19.2 Å². The molecular formula is C60H58F3N5O14Si. The first-order valence-corrected chi connectivity index (χ1v) is 28.1. The molecule has 6 aromatic rings. The molecular weight excluding hydrogens is 1100 g/mol. The van der Waals surface area contributed by atoms with Gasteiger partial charge in [0.05, 0.1) is 35.5 Å². The fourth-order valence-corrected chi connectivity index (χ4v) is 14.5. The van der Waals surface area contributed by atoms with Crippen molar-refractivity contribution in [3.63, 3.8) is 0 Å². The molecule has 2 fully saturated rings. The van der Waals surface area contributed by atoms with Crippen molar-refractivity contribution in [2.75, 3.05) is 13.2 Å². The molecule has 2 saturated heterocycles. The lowest BCUT2D eigenvalue weighted by atomic mass is 9.94. The zero-order chi connectivity index (χ0) is 59.3. The van der Waals surface area contributed by atoms with Crippen LogP contribution in [0.5, 0.6) is 0 Å². The standard InChI is InChI=1S/C60H58F3N5O14Si/c1-37(69)65-46-50(81-55(72)40-27-15-7-16-28-40)48(79-53(70)38-23-11-5-12-24-38)44(77-52(46)67-68-64)35-75-57-47(66-58(74)60(61,62)63)51(82-56(73)41-29-17-8-18-30-41)49(80-54(71)39-25-13-6-14-26-39)45(78-57)36-76-83(59(2,3)4,42-31-19-9-20-32-42)43-33-21-10-22-34-43/h5-34,44-52,57H,35-36H2,1-4H3,(H,65,69)(H,66,74)/t44-,45-,46-,47-,48-,49-,50-,51-,52-,57-/m1/s1. The summed E-state index contributed by atoms with van der Waals surface area (Å²) in [7, 11) is -3.61. The molecule has 432 valence electrons. The smallest absolute Gasteiger partial charge is 0.452 e. The second-order valence-electron chi connectivity index (χ2n) is 20.3. The van der Waals surface area contributed by atoms with E-state index in [1.165, 1.54) is 84.9 Å². The van der Waals surface area contributed by atoms with Gasteiger partial charge in [-0.1, -0.05) is 159 Å². The Morgan fingerprint density at radius 2 is 0.892 bits per heavy atom. The second-order valence-corrected chi connectivity index (χ2v) is 24.6. The Kier molecular flexibility index (Phi) is 19.6. The molecule has 19 nitrogen and oxygen atoms in total. The van der Waals surface area contributed by atoms with E-state index in [0.29, 0.717) is 0 Å². The average Bonchev–Trinajstić information content (AvgIpc) is 2.59. The Balaban J connectivity index is 1.28. The van der Waals surface area contributed by atoms with Crippen molar-refractivity contribution in [2.24, 2.45) is 5.11 Å². The fraction of sp³-hybridized carbons (Fsp3) is 0.300. The highest BCUT2D eigenvalue weighted by Gasteiger charge is 2.58. The lowest BCUT2D eigenvalue weighted by Gasteiger charge is -2.48. The molecule has 8 rings (SSSR count). The minimum atomic E-state index is -5.60. The molecule has 2 heterocycles. The third-order valence-corrected chi connectivity index (χ3v) is 18.7. The molecule has 83 heavy (non-hydrogen) atoms. The number of hydrogen-bond donors (Lipinski definition) is 2. The molecule has 0 unspecified atom stereocenters. The number of benzene rings is 6. The summed E-state index contributed by atoms with van der Waals surface area (Å²) in [4.78, 5) is 86.0. The van der Waals surface area contributed by atoms with Crippen LogP contribution in [-0.4, -0.2) is 125 Å². The number of hydrogen-bond acceptors (Lipinski definition) is 15. The van der Waals surface area contributed by atoms with Gasteiger partial charge in [-0.05, 0) is 69.5 Å². The lowest BCUT2D eigenvalue weighted by Crippen LogP contribution is -2.70. The Bertz CT molecular complexity index is 3200. The minimum Gasteiger partial charge on any atom is -0.452 e. The summed E-state index contributed by atoms with van der Waals surface area (Å²) < 4.78 is 95.2. The van der Waals surface area contributed by atoms with E-state index >= 15 is 0 Å². The van der Waals surface area contributed by atoms with E-state index < -0.39 is 130 Å². The van der Waals surface area contributed by atoms with E-state index in [0.717, 1.165) is 17.3 Å². The topological polar surface area (TPSA) is 249 Å². The molecule has 23 heteroatoms. The first-order valence-electron chi connectivity index (χ1n) is 26.2. The summed E-state index contributed by atoms with van der Waals surface area (Å²) in [6.07, 6.45) is -20.6. The number of alkyl halides is 3. The SMILES string of the molecule is CC(=O)N[C@@H]1[C@@H](OC(=O)c2ccccc2)[C@H](OC(=O)c2ccccc2)[C@@H](CO[C@@H]2O[C@H](CO[Si](c3ccccc3)(c3ccccc3)C(C)(C)C)[C@@H](OC(=O)c3ccccc3)[C@H](OC(=O)c3ccccc3)[C@H]2NC(=O)C(F)(F)F)O[C@H]1N=[N+]=[N-]. The van der Waals surface area contributed by atoms with Crippen LogP contribution in [0.1, 0.15) is 69.1 Å². The van der Waals surface area contributed by atoms with Crippen molar-refractivity contribution in [3.8, 4) is 0 Å². The third kappa shape index (κ3) is 14.5. The summed E-state index contributed by atoms with van der Waals surface area (Å²) in [5.41, 5.74) is 9.73. The van der Waals surface area contributed by atoms with Gasteiger partial charge in [0.25, 0.3) is 8.32 Å². The Labute approximate surface area is 476 Å². The van der Waals surface area contributed by atoms with E-state index in [4.69, 9.17) is 37.6 Å². The van der Waals surface area contributed by atoms with Crippen LogP contribution in [0.25, 0.3) is 10.4 Å². The number of carbonyl (C=O) groups is 6. The van der Waals surface area contributed by atoms with Crippen LogP contribution >= 0.6 is 0 Å². The van der Waals surface area contributed by atoms with E-state index in [1.807, 2.05) is 86.8 Å². The quantitative estimate of drug-likeness (QED) is 0.0196. The van der Waals surface area contributed by atoms with Crippen molar-refractivity contribution in [2.45, 2.75) is 100 Å². The molecule has 2 aliphatic heterocycles. The van der Waals surface area contributed by atoms with E-state index in [-0.39, 0.29) is 22.3 Å². The van der Waals surface area contributed by atoms with Crippen molar-refractivity contribution >= 4 is 54.4 Å². The monoisotopic (exact) mass is 1160 g/mol.